The van der Waals surface area contributed by atoms with Crippen LogP contribution in [0.15, 0.2) is 18.2 Å². The lowest BCUT2D eigenvalue weighted by Crippen LogP contribution is -2.07. The summed E-state index contributed by atoms with van der Waals surface area (Å²) < 4.78 is 0. The number of hydrogen-bond acceptors (Lipinski definition) is 3. The van der Waals surface area contributed by atoms with Gasteiger partial charge in [0.15, 0.2) is 0 Å². The lowest BCUT2D eigenvalue weighted by molar-refractivity contribution is -0.114. The Morgan fingerprint density at radius 1 is 1.28 bits per heavy atom. The first kappa shape index (κ1) is 11.2. The van der Waals surface area contributed by atoms with Crippen molar-refractivity contribution in [1.29, 1.82) is 0 Å². The SMILES string of the molecule is CC(=O)Nc1ccc2nn(C3CCCC3)nc2c1. The summed E-state index contributed by atoms with van der Waals surface area (Å²) in [6.45, 7) is 1.50. The fraction of sp³-hybridized carbons (Fsp3) is 0.462. The van der Waals surface area contributed by atoms with Crippen LogP contribution in [-0.4, -0.2) is 20.9 Å². The molecular weight excluding hydrogens is 228 g/mol. The Balaban J connectivity index is 1.93. The van der Waals surface area contributed by atoms with E-state index in [-0.39, 0.29) is 5.91 Å². The minimum absolute atomic E-state index is 0.0717. The Kier molecular flexibility index (Phi) is 2.74. The Labute approximate surface area is 105 Å². The van der Waals surface area contributed by atoms with Crippen molar-refractivity contribution in [3.05, 3.63) is 18.2 Å². The van der Waals surface area contributed by atoms with Gasteiger partial charge in [0.25, 0.3) is 0 Å². The van der Waals surface area contributed by atoms with Gasteiger partial charge in [-0.15, -0.1) is 0 Å². The maximum atomic E-state index is 11.0. The van der Waals surface area contributed by atoms with Crippen LogP contribution in [-0.2, 0) is 4.79 Å². The zero-order chi connectivity index (χ0) is 12.5. The predicted octanol–water partition coefficient (Wildman–Crippen LogP) is 2.50. The maximum Gasteiger partial charge on any atom is 0.221 e. The van der Waals surface area contributed by atoms with Crippen molar-refractivity contribution in [2.45, 2.75) is 38.6 Å². The van der Waals surface area contributed by atoms with Gasteiger partial charge in [0.2, 0.25) is 5.91 Å². The van der Waals surface area contributed by atoms with Crippen LogP contribution >= 0.6 is 0 Å². The van der Waals surface area contributed by atoms with Crippen LogP contribution in [0.5, 0.6) is 0 Å². The summed E-state index contributed by atoms with van der Waals surface area (Å²) in [6, 6.07) is 6.08. The smallest absolute Gasteiger partial charge is 0.221 e. The molecule has 1 aliphatic carbocycles. The molecule has 0 spiro atoms. The van der Waals surface area contributed by atoms with Gasteiger partial charge in [-0.2, -0.15) is 15.0 Å². The highest BCUT2D eigenvalue weighted by Crippen LogP contribution is 2.29. The van der Waals surface area contributed by atoms with Crippen LogP contribution in [0.1, 0.15) is 38.6 Å². The molecule has 1 saturated carbocycles. The second kappa shape index (κ2) is 4.40. The molecule has 1 aromatic heterocycles. The number of nitrogens with one attached hydrogen (secondary N) is 1. The number of carbonyl (C=O) groups excluding carboxylic acids is 1. The number of benzene rings is 1. The Hall–Kier alpha value is -1.91. The number of nitrogens with zero attached hydrogens (tertiary/aromatic N) is 3. The van der Waals surface area contributed by atoms with Gasteiger partial charge >= 0.3 is 0 Å². The van der Waals surface area contributed by atoms with Gasteiger partial charge in [-0.25, -0.2) is 0 Å². The van der Waals surface area contributed by atoms with E-state index in [1.54, 1.807) is 0 Å². The van der Waals surface area contributed by atoms with Crippen molar-refractivity contribution >= 4 is 22.6 Å². The predicted molar refractivity (Wildman–Crippen MR) is 69.3 cm³/mol. The van der Waals surface area contributed by atoms with Gasteiger partial charge in [-0.1, -0.05) is 12.8 Å². The summed E-state index contributed by atoms with van der Waals surface area (Å²) in [6.07, 6.45) is 4.86. The van der Waals surface area contributed by atoms with Crippen LogP contribution in [0.2, 0.25) is 0 Å². The molecule has 1 aromatic carbocycles. The molecule has 2 aromatic rings. The molecule has 1 N–H and O–H groups in total. The van der Waals surface area contributed by atoms with Gasteiger partial charge < -0.3 is 5.32 Å². The Morgan fingerprint density at radius 3 is 2.72 bits per heavy atom. The second-order valence-corrected chi connectivity index (χ2v) is 4.84. The molecule has 1 aliphatic rings. The first-order chi connectivity index (χ1) is 8.72. The van der Waals surface area contributed by atoms with E-state index in [4.69, 9.17) is 0 Å². The third-order valence-electron chi connectivity index (χ3n) is 3.37. The van der Waals surface area contributed by atoms with E-state index < -0.39 is 0 Å². The molecule has 0 unspecified atom stereocenters. The molecule has 3 rings (SSSR count). The normalized spacial score (nSPS) is 16.3. The molecule has 0 atom stereocenters. The second-order valence-electron chi connectivity index (χ2n) is 4.84. The summed E-state index contributed by atoms with van der Waals surface area (Å²) in [5, 5.41) is 11.8. The summed E-state index contributed by atoms with van der Waals surface area (Å²) in [5.74, 6) is -0.0717. The molecule has 0 bridgehead atoms. The topological polar surface area (TPSA) is 59.8 Å². The first-order valence-electron chi connectivity index (χ1n) is 6.36. The van der Waals surface area contributed by atoms with Gasteiger partial charge in [0.1, 0.15) is 11.0 Å². The van der Waals surface area contributed by atoms with Crippen molar-refractivity contribution in [1.82, 2.24) is 15.0 Å². The number of carbonyl (C=O) groups is 1. The minimum Gasteiger partial charge on any atom is -0.326 e. The molecule has 1 fully saturated rings. The van der Waals surface area contributed by atoms with E-state index >= 15 is 0 Å². The van der Waals surface area contributed by atoms with Crippen molar-refractivity contribution in [2.24, 2.45) is 0 Å². The zero-order valence-electron chi connectivity index (χ0n) is 10.4. The highest BCUT2D eigenvalue weighted by molar-refractivity contribution is 5.91. The maximum absolute atomic E-state index is 11.0. The molecule has 18 heavy (non-hydrogen) atoms. The molecule has 0 saturated heterocycles. The molecule has 94 valence electrons. The van der Waals surface area contributed by atoms with Crippen molar-refractivity contribution in [3.8, 4) is 0 Å². The van der Waals surface area contributed by atoms with E-state index in [0.717, 1.165) is 16.7 Å². The fourth-order valence-corrected chi connectivity index (χ4v) is 2.51. The molecule has 5 heteroatoms. The van der Waals surface area contributed by atoms with Crippen LogP contribution in [0.4, 0.5) is 5.69 Å². The average Bonchev–Trinajstić information content (AvgIpc) is 2.95. The van der Waals surface area contributed by atoms with Crippen LogP contribution in [0, 0.1) is 0 Å². The lowest BCUT2D eigenvalue weighted by atomic mass is 10.3. The summed E-state index contributed by atoms with van der Waals surface area (Å²) in [4.78, 5) is 12.9. The van der Waals surface area contributed by atoms with Crippen molar-refractivity contribution in [3.63, 3.8) is 0 Å². The largest absolute Gasteiger partial charge is 0.326 e. The highest BCUT2D eigenvalue weighted by Gasteiger charge is 2.19. The summed E-state index contributed by atoms with van der Waals surface area (Å²) >= 11 is 0. The van der Waals surface area contributed by atoms with Crippen molar-refractivity contribution < 1.29 is 4.79 Å². The fourth-order valence-electron chi connectivity index (χ4n) is 2.51. The third kappa shape index (κ3) is 2.08. The first-order valence-corrected chi connectivity index (χ1v) is 6.36. The monoisotopic (exact) mass is 244 g/mol. The highest BCUT2D eigenvalue weighted by atomic mass is 16.1. The number of aromatic nitrogens is 3. The summed E-state index contributed by atoms with van der Waals surface area (Å²) in [5.41, 5.74) is 2.50. The molecule has 1 amide bonds. The van der Waals surface area contributed by atoms with Gasteiger partial charge in [-0.05, 0) is 31.0 Å². The standard InChI is InChI=1S/C13H16N4O/c1-9(18)14-10-6-7-12-13(8-10)16-17(15-12)11-4-2-3-5-11/h6-8,11H,2-5H2,1H3,(H,14,18). The Morgan fingerprint density at radius 2 is 2.00 bits per heavy atom. The molecule has 0 radical (unpaired) electrons. The average molecular weight is 244 g/mol. The molecule has 0 aliphatic heterocycles. The molecular formula is C13H16N4O. The van der Waals surface area contributed by atoms with Gasteiger partial charge in [-0.3, -0.25) is 4.79 Å². The van der Waals surface area contributed by atoms with Gasteiger partial charge in [0, 0.05) is 12.6 Å². The number of fused-ring (bicyclic) bond motifs is 1. The Bertz CT molecular complexity index is 584. The van der Waals surface area contributed by atoms with Crippen LogP contribution in [0.3, 0.4) is 0 Å². The van der Waals surface area contributed by atoms with Gasteiger partial charge in [0.05, 0.1) is 6.04 Å². The summed E-state index contributed by atoms with van der Waals surface area (Å²) in [7, 11) is 0. The number of rotatable bonds is 2. The molecule has 1 heterocycles. The van der Waals surface area contributed by atoms with Crippen LogP contribution in [0.25, 0.3) is 11.0 Å². The minimum atomic E-state index is -0.0717. The lowest BCUT2D eigenvalue weighted by Gasteiger charge is -2.05. The van der Waals surface area contributed by atoms with Crippen molar-refractivity contribution in [2.75, 3.05) is 5.32 Å². The quantitative estimate of drug-likeness (QED) is 0.883. The number of hydrogen-bond donors (Lipinski definition) is 1. The van der Waals surface area contributed by atoms with E-state index in [1.807, 2.05) is 23.0 Å². The van der Waals surface area contributed by atoms with E-state index in [9.17, 15) is 4.79 Å². The number of anilines is 1. The van der Waals surface area contributed by atoms with E-state index in [1.165, 1.54) is 32.6 Å². The van der Waals surface area contributed by atoms with Crippen LogP contribution < -0.4 is 5.32 Å². The molecule has 5 nitrogen and oxygen atoms in total. The van der Waals surface area contributed by atoms with E-state index in [2.05, 4.69) is 15.5 Å². The zero-order valence-corrected chi connectivity index (χ0v) is 10.4. The third-order valence-corrected chi connectivity index (χ3v) is 3.37. The van der Waals surface area contributed by atoms with E-state index in [0.29, 0.717) is 6.04 Å². The number of amides is 1.